The molecule has 0 saturated carbocycles. The fourth-order valence-electron chi connectivity index (χ4n) is 2.22. The second kappa shape index (κ2) is 5.98. The Morgan fingerprint density at radius 1 is 1.71 bits per heavy atom. The van der Waals surface area contributed by atoms with Gasteiger partial charge in [0, 0.05) is 18.0 Å². The summed E-state index contributed by atoms with van der Waals surface area (Å²) < 4.78 is 0. The van der Waals surface area contributed by atoms with Gasteiger partial charge in [-0.15, -0.1) is 17.9 Å². The maximum Gasteiger partial charge on any atom is 0.237 e. The van der Waals surface area contributed by atoms with Crippen molar-refractivity contribution in [3.05, 3.63) is 35.0 Å². The Labute approximate surface area is 106 Å². The largest absolute Gasteiger partial charge is 0.334 e. The molecule has 1 unspecified atom stereocenters. The number of likely N-dealkylation sites (tertiary alicyclic amines) is 1. The monoisotopic (exact) mass is 250 g/mol. The molecule has 1 aliphatic heterocycles. The number of hydrogen-bond donors (Lipinski definition) is 1. The molecule has 1 N–H and O–H groups in total. The first-order valence-corrected chi connectivity index (χ1v) is 6.85. The van der Waals surface area contributed by atoms with Crippen LogP contribution in [0.2, 0.25) is 0 Å². The highest BCUT2D eigenvalue weighted by Crippen LogP contribution is 2.34. The molecule has 92 valence electrons. The summed E-state index contributed by atoms with van der Waals surface area (Å²) in [5.41, 5.74) is 0. The van der Waals surface area contributed by atoms with Gasteiger partial charge in [0.2, 0.25) is 5.91 Å². The highest BCUT2D eigenvalue weighted by molar-refractivity contribution is 7.10. The maximum atomic E-state index is 12.1. The van der Waals surface area contributed by atoms with Crippen LogP contribution in [0.1, 0.15) is 23.8 Å². The second-order valence-electron chi connectivity index (χ2n) is 4.18. The molecule has 0 spiro atoms. The van der Waals surface area contributed by atoms with E-state index in [9.17, 15) is 4.79 Å². The zero-order chi connectivity index (χ0) is 12.1. The fourth-order valence-corrected chi connectivity index (χ4v) is 3.10. The highest BCUT2D eigenvalue weighted by Gasteiger charge is 2.29. The third-order valence-electron chi connectivity index (χ3n) is 3.01. The van der Waals surface area contributed by atoms with Crippen LogP contribution in [0, 0.1) is 0 Å². The molecule has 1 amide bonds. The lowest BCUT2D eigenvalue weighted by molar-refractivity contribution is -0.131. The van der Waals surface area contributed by atoms with Crippen molar-refractivity contribution in [2.45, 2.75) is 18.9 Å². The average Bonchev–Trinajstić information content (AvgIpc) is 2.99. The molecule has 1 aromatic heterocycles. The van der Waals surface area contributed by atoms with Crippen molar-refractivity contribution in [3.8, 4) is 0 Å². The normalized spacial score (nSPS) is 19.5. The Balaban J connectivity index is 1.95. The number of rotatable bonds is 5. The quantitative estimate of drug-likeness (QED) is 0.642. The van der Waals surface area contributed by atoms with Crippen LogP contribution in [0.3, 0.4) is 0 Å². The third-order valence-corrected chi connectivity index (χ3v) is 3.98. The average molecular weight is 250 g/mol. The molecule has 17 heavy (non-hydrogen) atoms. The number of carbonyl (C=O) groups is 1. The minimum Gasteiger partial charge on any atom is -0.334 e. The SMILES string of the molecule is C=CCNCC(=O)N1CCCC1c1cccs1. The number of amides is 1. The summed E-state index contributed by atoms with van der Waals surface area (Å²) in [5, 5.41) is 5.15. The second-order valence-corrected chi connectivity index (χ2v) is 5.16. The molecule has 0 aromatic carbocycles. The predicted molar refractivity (Wildman–Crippen MR) is 71.1 cm³/mol. The van der Waals surface area contributed by atoms with Gasteiger partial charge in [-0.2, -0.15) is 0 Å². The van der Waals surface area contributed by atoms with Gasteiger partial charge in [0.1, 0.15) is 0 Å². The van der Waals surface area contributed by atoms with Crippen LogP contribution in [0.5, 0.6) is 0 Å². The first-order valence-electron chi connectivity index (χ1n) is 5.97. The van der Waals surface area contributed by atoms with Crippen molar-refractivity contribution in [1.82, 2.24) is 10.2 Å². The van der Waals surface area contributed by atoms with Gasteiger partial charge < -0.3 is 10.2 Å². The lowest BCUT2D eigenvalue weighted by Gasteiger charge is -2.24. The van der Waals surface area contributed by atoms with E-state index in [1.165, 1.54) is 4.88 Å². The molecule has 4 heteroatoms. The van der Waals surface area contributed by atoms with Crippen molar-refractivity contribution in [3.63, 3.8) is 0 Å². The van der Waals surface area contributed by atoms with Gasteiger partial charge in [-0.1, -0.05) is 12.1 Å². The molecule has 1 aliphatic rings. The fraction of sp³-hybridized carbons (Fsp3) is 0.462. The minimum absolute atomic E-state index is 0.197. The topological polar surface area (TPSA) is 32.3 Å². The number of nitrogens with one attached hydrogen (secondary N) is 1. The van der Waals surface area contributed by atoms with E-state index < -0.39 is 0 Å². The molecular weight excluding hydrogens is 232 g/mol. The first kappa shape index (κ1) is 12.3. The third kappa shape index (κ3) is 2.96. The summed E-state index contributed by atoms with van der Waals surface area (Å²) >= 11 is 1.74. The molecule has 2 rings (SSSR count). The van der Waals surface area contributed by atoms with E-state index in [0.29, 0.717) is 19.1 Å². The van der Waals surface area contributed by atoms with E-state index in [4.69, 9.17) is 0 Å². The van der Waals surface area contributed by atoms with Gasteiger partial charge in [0.05, 0.1) is 12.6 Å². The maximum absolute atomic E-state index is 12.1. The van der Waals surface area contributed by atoms with E-state index >= 15 is 0 Å². The Morgan fingerprint density at radius 3 is 3.29 bits per heavy atom. The number of carbonyl (C=O) groups excluding carboxylic acids is 1. The predicted octanol–water partition coefficient (Wildman–Crippen LogP) is 2.19. The van der Waals surface area contributed by atoms with Gasteiger partial charge in [0.25, 0.3) is 0 Å². The zero-order valence-electron chi connectivity index (χ0n) is 9.89. The molecule has 0 aliphatic carbocycles. The molecule has 0 bridgehead atoms. The van der Waals surface area contributed by atoms with Crippen LogP contribution in [-0.2, 0) is 4.79 Å². The van der Waals surface area contributed by atoms with Gasteiger partial charge in [-0.25, -0.2) is 0 Å². The number of thiophene rings is 1. The van der Waals surface area contributed by atoms with Crippen LogP contribution in [0.15, 0.2) is 30.2 Å². The van der Waals surface area contributed by atoms with Crippen molar-refractivity contribution in [1.29, 1.82) is 0 Å². The summed E-state index contributed by atoms with van der Waals surface area (Å²) in [5.74, 6) is 0.197. The van der Waals surface area contributed by atoms with Crippen LogP contribution in [0.4, 0.5) is 0 Å². The molecule has 1 aromatic rings. The van der Waals surface area contributed by atoms with E-state index in [-0.39, 0.29) is 5.91 Å². The Bertz CT molecular complexity index is 375. The van der Waals surface area contributed by atoms with Crippen LogP contribution < -0.4 is 5.32 Å². The van der Waals surface area contributed by atoms with E-state index in [0.717, 1.165) is 19.4 Å². The number of nitrogens with zero attached hydrogens (tertiary/aromatic N) is 1. The molecule has 1 fully saturated rings. The summed E-state index contributed by atoms with van der Waals surface area (Å²) in [4.78, 5) is 15.4. The Morgan fingerprint density at radius 2 is 2.59 bits per heavy atom. The van der Waals surface area contributed by atoms with E-state index in [1.54, 1.807) is 17.4 Å². The van der Waals surface area contributed by atoms with Crippen molar-refractivity contribution in [2.24, 2.45) is 0 Å². The van der Waals surface area contributed by atoms with Crippen LogP contribution in [-0.4, -0.2) is 30.4 Å². The number of hydrogen-bond acceptors (Lipinski definition) is 3. The van der Waals surface area contributed by atoms with Crippen LogP contribution >= 0.6 is 11.3 Å². The molecule has 3 nitrogen and oxygen atoms in total. The van der Waals surface area contributed by atoms with Gasteiger partial charge in [-0.05, 0) is 24.3 Å². The van der Waals surface area contributed by atoms with Gasteiger partial charge in [0.15, 0.2) is 0 Å². The minimum atomic E-state index is 0.197. The van der Waals surface area contributed by atoms with E-state index in [2.05, 4.69) is 29.4 Å². The summed E-state index contributed by atoms with van der Waals surface area (Å²) in [6.45, 7) is 5.61. The van der Waals surface area contributed by atoms with E-state index in [1.807, 2.05) is 4.90 Å². The summed E-state index contributed by atoms with van der Waals surface area (Å²) in [7, 11) is 0. The van der Waals surface area contributed by atoms with Crippen molar-refractivity contribution >= 4 is 17.2 Å². The van der Waals surface area contributed by atoms with Crippen LogP contribution in [0.25, 0.3) is 0 Å². The molecular formula is C13H18N2OS. The smallest absolute Gasteiger partial charge is 0.237 e. The van der Waals surface area contributed by atoms with Crippen molar-refractivity contribution < 1.29 is 4.79 Å². The summed E-state index contributed by atoms with van der Waals surface area (Å²) in [6.07, 6.45) is 3.97. The lowest BCUT2D eigenvalue weighted by Crippen LogP contribution is -2.37. The standard InChI is InChI=1S/C13H18N2OS/c1-2-7-14-10-13(16)15-8-3-5-11(15)12-6-4-9-17-12/h2,4,6,9,11,14H,1,3,5,7-8,10H2. The summed E-state index contributed by atoms with van der Waals surface area (Å²) in [6, 6.07) is 4.47. The van der Waals surface area contributed by atoms with Gasteiger partial charge >= 0.3 is 0 Å². The molecule has 1 atom stereocenters. The van der Waals surface area contributed by atoms with Crippen molar-refractivity contribution in [2.75, 3.05) is 19.6 Å². The molecule has 1 saturated heterocycles. The Kier molecular flexibility index (Phi) is 4.34. The molecule has 2 heterocycles. The first-order chi connectivity index (χ1) is 8.33. The lowest BCUT2D eigenvalue weighted by atomic mass is 10.2. The molecule has 0 radical (unpaired) electrons. The van der Waals surface area contributed by atoms with Gasteiger partial charge in [-0.3, -0.25) is 4.79 Å². The highest BCUT2D eigenvalue weighted by atomic mass is 32.1. The Hall–Kier alpha value is -1.13. The zero-order valence-corrected chi connectivity index (χ0v) is 10.7.